The predicted octanol–water partition coefficient (Wildman–Crippen LogP) is 4.04. The van der Waals surface area contributed by atoms with Gasteiger partial charge in [0.1, 0.15) is 11.3 Å². The van der Waals surface area contributed by atoms with Crippen molar-refractivity contribution in [3.8, 4) is 17.0 Å². The summed E-state index contributed by atoms with van der Waals surface area (Å²) in [6.45, 7) is 1.87. The number of esters is 1. The number of carbonyl (C=O) groups excluding carboxylic acids is 1. The Kier molecular flexibility index (Phi) is 3.70. The lowest BCUT2D eigenvalue weighted by atomic mass is 10.1. The van der Waals surface area contributed by atoms with Crippen molar-refractivity contribution < 1.29 is 18.4 Å². The molecule has 0 aliphatic heterocycles. The topological polar surface area (TPSA) is 82.5 Å². The van der Waals surface area contributed by atoms with Crippen LogP contribution in [0.15, 0.2) is 61.7 Å². The molecule has 124 valence electrons. The van der Waals surface area contributed by atoms with Crippen molar-refractivity contribution in [2.24, 2.45) is 0 Å². The quantitative estimate of drug-likeness (QED) is 0.314. The van der Waals surface area contributed by atoms with Gasteiger partial charge in [-0.2, -0.15) is 0 Å². The monoisotopic (exact) mass is 353 g/mol. The molecule has 0 saturated carbocycles. The predicted molar refractivity (Wildman–Crippen MR) is 92.0 cm³/mol. The maximum atomic E-state index is 12.2. The molecule has 0 unspecified atom stereocenters. The number of hydrogen-bond acceptors (Lipinski definition) is 7. The van der Waals surface area contributed by atoms with Crippen molar-refractivity contribution in [2.45, 2.75) is 6.92 Å². The van der Waals surface area contributed by atoms with Crippen molar-refractivity contribution in [3.05, 3.63) is 69.2 Å². The zero-order valence-corrected chi connectivity index (χ0v) is 13.8. The Morgan fingerprint density at radius 1 is 1.24 bits per heavy atom. The summed E-state index contributed by atoms with van der Waals surface area (Å²) in [5.41, 5.74) is 0.821. The van der Waals surface area contributed by atoms with Gasteiger partial charge < -0.3 is 13.6 Å². The molecule has 3 aromatic heterocycles. The smallest absolute Gasteiger partial charge is 0.379 e. The number of hydrogen-bond donors (Lipinski definition) is 0. The second-order valence-corrected chi connectivity index (χ2v) is 6.33. The Morgan fingerprint density at radius 2 is 2.12 bits per heavy atom. The normalized spacial score (nSPS) is 10.9. The lowest BCUT2D eigenvalue weighted by Gasteiger charge is -2.04. The average Bonchev–Trinajstić information content (AvgIpc) is 3.26. The van der Waals surface area contributed by atoms with Crippen LogP contribution < -0.4 is 10.4 Å². The first-order valence-electron chi connectivity index (χ1n) is 7.36. The number of benzene rings is 1. The highest BCUT2D eigenvalue weighted by Crippen LogP contribution is 2.25. The van der Waals surface area contributed by atoms with Crippen molar-refractivity contribution in [2.75, 3.05) is 0 Å². The summed E-state index contributed by atoms with van der Waals surface area (Å²) < 4.78 is 15.6. The maximum absolute atomic E-state index is 12.2. The molecule has 25 heavy (non-hydrogen) atoms. The van der Waals surface area contributed by atoms with Crippen LogP contribution in [0.1, 0.15) is 15.6 Å². The first-order chi connectivity index (χ1) is 12.1. The van der Waals surface area contributed by atoms with Gasteiger partial charge in [-0.25, -0.2) is 14.6 Å². The van der Waals surface area contributed by atoms with Crippen LogP contribution in [0.5, 0.6) is 5.75 Å². The molecule has 0 spiro atoms. The Morgan fingerprint density at radius 3 is 2.84 bits per heavy atom. The number of fused-ring (bicyclic) bond motifs is 1. The molecule has 0 aliphatic carbocycles. The molecule has 7 heteroatoms. The van der Waals surface area contributed by atoms with Crippen LogP contribution >= 0.6 is 11.3 Å². The number of thiazole rings is 1. The zero-order chi connectivity index (χ0) is 17.4. The molecule has 0 fully saturated rings. The summed E-state index contributed by atoms with van der Waals surface area (Å²) >= 11 is 1.46. The fraction of sp³-hybridized carbons (Fsp3) is 0.0556. The molecule has 0 bridgehead atoms. The van der Waals surface area contributed by atoms with Gasteiger partial charge in [0.2, 0.25) is 5.76 Å². The Balaban J connectivity index is 1.70. The molecule has 1 aromatic carbocycles. The Bertz CT molecular complexity index is 1120. The summed E-state index contributed by atoms with van der Waals surface area (Å²) in [6, 6.07) is 9.65. The fourth-order valence-electron chi connectivity index (χ4n) is 2.37. The third-order valence-corrected chi connectivity index (χ3v) is 4.31. The van der Waals surface area contributed by atoms with Crippen LogP contribution in [0.3, 0.4) is 0 Å². The van der Waals surface area contributed by atoms with Gasteiger partial charge in [-0.1, -0.05) is 0 Å². The standard InChI is InChI=1S/C18H11NO5S/c1-10-19-14(9-25-10)13-7-11-4-5-12(8-16(11)24-17(13)20)23-18(21)15-3-2-6-22-15/h2-9H,1H3. The SMILES string of the molecule is Cc1nc(-c2cc3ccc(OC(=O)c4ccco4)cc3oc2=O)cs1. The molecule has 3 heterocycles. The van der Waals surface area contributed by atoms with Gasteiger partial charge in [0.05, 0.1) is 22.5 Å². The molecular weight excluding hydrogens is 342 g/mol. The second-order valence-electron chi connectivity index (χ2n) is 5.27. The van der Waals surface area contributed by atoms with Crippen LogP contribution in [-0.4, -0.2) is 11.0 Å². The molecular formula is C18H11NO5S. The van der Waals surface area contributed by atoms with Crippen molar-refractivity contribution in [1.82, 2.24) is 4.98 Å². The largest absolute Gasteiger partial charge is 0.457 e. The first kappa shape index (κ1) is 15.3. The van der Waals surface area contributed by atoms with Crippen LogP contribution in [0.25, 0.3) is 22.2 Å². The molecule has 0 amide bonds. The van der Waals surface area contributed by atoms with E-state index in [1.54, 1.807) is 24.3 Å². The van der Waals surface area contributed by atoms with Crippen molar-refractivity contribution in [1.29, 1.82) is 0 Å². The van der Waals surface area contributed by atoms with E-state index in [2.05, 4.69) is 4.98 Å². The fourth-order valence-corrected chi connectivity index (χ4v) is 2.99. The number of ether oxygens (including phenoxy) is 1. The second kappa shape index (κ2) is 6.03. The first-order valence-corrected chi connectivity index (χ1v) is 8.24. The number of rotatable bonds is 3. The van der Waals surface area contributed by atoms with Crippen molar-refractivity contribution >= 4 is 28.3 Å². The summed E-state index contributed by atoms with van der Waals surface area (Å²) in [5, 5.41) is 3.39. The van der Waals surface area contributed by atoms with Gasteiger partial charge in [0.25, 0.3) is 0 Å². The molecule has 0 N–H and O–H groups in total. The van der Waals surface area contributed by atoms with Gasteiger partial charge in [-0.15, -0.1) is 11.3 Å². The highest BCUT2D eigenvalue weighted by Gasteiger charge is 2.14. The summed E-state index contributed by atoms with van der Waals surface area (Å²) in [7, 11) is 0. The van der Waals surface area contributed by atoms with Crippen molar-refractivity contribution in [3.63, 3.8) is 0 Å². The molecule has 6 nitrogen and oxygen atoms in total. The molecule has 4 rings (SSSR count). The highest BCUT2D eigenvalue weighted by molar-refractivity contribution is 7.09. The van der Waals surface area contributed by atoms with E-state index in [1.807, 2.05) is 12.3 Å². The minimum absolute atomic E-state index is 0.0933. The number of nitrogens with zero attached hydrogens (tertiary/aromatic N) is 1. The maximum Gasteiger partial charge on any atom is 0.379 e. The van der Waals surface area contributed by atoms with Gasteiger partial charge in [0, 0.05) is 16.8 Å². The third-order valence-electron chi connectivity index (χ3n) is 3.54. The number of aryl methyl sites for hydroxylation is 1. The molecule has 0 aliphatic rings. The average molecular weight is 353 g/mol. The summed E-state index contributed by atoms with van der Waals surface area (Å²) in [6.07, 6.45) is 1.39. The van der Waals surface area contributed by atoms with Crippen LogP contribution in [0.4, 0.5) is 0 Å². The van der Waals surface area contributed by atoms with Gasteiger partial charge in [0.15, 0.2) is 0 Å². The number of aromatic nitrogens is 1. The molecule has 4 aromatic rings. The van der Waals surface area contributed by atoms with E-state index in [1.165, 1.54) is 29.7 Å². The van der Waals surface area contributed by atoms with Gasteiger partial charge in [-0.3, -0.25) is 0 Å². The number of carbonyl (C=O) groups is 1. The van der Waals surface area contributed by atoms with E-state index in [0.717, 1.165) is 5.01 Å². The van der Waals surface area contributed by atoms with E-state index in [4.69, 9.17) is 13.6 Å². The number of furan rings is 1. The van der Waals surface area contributed by atoms with E-state index >= 15 is 0 Å². The minimum atomic E-state index is -0.624. The summed E-state index contributed by atoms with van der Waals surface area (Å²) in [5.74, 6) is -0.272. The highest BCUT2D eigenvalue weighted by atomic mass is 32.1. The zero-order valence-electron chi connectivity index (χ0n) is 13.0. The van der Waals surface area contributed by atoms with Gasteiger partial charge in [-0.05, 0) is 37.3 Å². The van der Waals surface area contributed by atoms with E-state index < -0.39 is 11.6 Å². The van der Waals surface area contributed by atoms with Crippen LogP contribution in [0.2, 0.25) is 0 Å². The van der Waals surface area contributed by atoms with E-state index in [0.29, 0.717) is 22.2 Å². The molecule has 0 radical (unpaired) electrons. The Hall–Kier alpha value is -3.19. The van der Waals surface area contributed by atoms with Crippen LogP contribution in [-0.2, 0) is 0 Å². The third kappa shape index (κ3) is 2.97. The molecule has 0 atom stereocenters. The lowest BCUT2D eigenvalue weighted by Crippen LogP contribution is -2.07. The van der Waals surface area contributed by atoms with E-state index in [9.17, 15) is 9.59 Å². The van der Waals surface area contributed by atoms with Crippen LogP contribution in [0, 0.1) is 6.92 Å². The Labute approximate surface area is 145 Å². The van der Waals surface area contributed by atoms with Gasteiger partial charge >= 0.3 is 11.6 Å². The van der Waals surface area contributed by atoms with E-state index in [-0.39, 0.29) is 11.5 Å². The summed E-state index contributed by atoms with van der Waals surface area (Å²) in [4.78, 5) is 28.5. The minimum Gasteiger partial charge on any atom is -0.457 e. The lowest BCUT2D eigenvalue weighted by molar-refractivity contribution is 0.0701. The molecule has 0 saturated heterocycles.